The van der Waals surface area contributed by atoms with Crippen molar-refractivity contribution in [1.29, 1.82) is 0 Å². The second-order valence-corrected chi connectivity index (χ2v) is 5.39. The highest BCUT2D eigenvalue weighted by molar-refractivity contribution is 14.1. The number of unbranched alkanes of at least 4 members (excludes halogenated alkanes) is 3. The van der Waals surface area contributed by atoms with Gasteiger partial charge in [-0.1, -0.05) is 42.1 Å². The van der Waals surface area contributed by atoms with Crippen molar-refractivity contribution in [2.75, 3.05) is 0 Å². The molecule has 0 rings (SSSR count). The zero-order valence-corrected chi connectivity index (χ0v) is 12.2. The van der Waals surface area contributed by atoms with E-state index in [0.717, 1.165) is 0 Å². The maximum Gasteiger partial charge on any atom is -0.0122 e. The number of rotatable bonds is 6. The molecular formula is C11H18BrI. The summed E-state index contributed by atoms with van der Waals surface area (Å²) in [6.45, 7) is 4.37. The SMILES string of the molecule is CCCCCCC(/C=C(\C)I)=C\Br. The average Bonchev–Trinajstić information content (AvgIpc) is 2.09. The first-order valence-corrected chi connectivity index (χ1v) is 6.83. The Hall–Kier alpha value is 0.690. The molecule has 2 heteroatoms. The summed E-state index contributed by atoms with van der Waals surface area (Å²) >= 11 is 5.75. The van der Waals surface area contributed by atoms with Gasteiger partial charge in [0.05, 0.1) is 0 Å². The molecule has 0 aliphatic heterocycles. The van der Waals surface area contributed by atoms with Gasteiger partial charge in [-0.3, -0.25) is 0 Å². The summed E-state index contributed by atoms with van der Waals surface area (Å²) < 4.78 is 1.35. The first-order valence-electron chi connectivity index (χ1n) is 4.83. The van der Waals surface area contributed by atoms with Gasteiger partial charge in [-0.15, -0.1) is 0 Å². The second kappa shape index (κ2) is 9.25. The minimum atomic E-state index is 1.20. The molecule has 0 fully saturated rings. The summed E-state index contributed by atoms with van der Waals surface area (Å²) in [6.07, 6.45) is 8.78. The summed E-state index contributed by atoms with van der Waals surface area (Å²) in [5.41, 5.74) is 1.41. The number of hydrogen-bond acceptors (Lipinski definition) is 0. The fourth-order valence-electron chi connectivity index (χ4n) is 1.17. The van der Waals surface area contributed by atoms with Gasteiger partial charge in [-0.25, -0.2) is 0 Å². The molecule has 0 amide bonds. The van der Waals surface area contributed by atoms with E-state index in [0.29, 0.717) is 0 Å². The Labute approximate surface area is 104 Å². The van der Waals surface area contributed by atoms with Crippen molar-refractivity contribution in [2.45, 2.75) is 46.0 Å². The Kier molecular flexibility index (Phi) is 9.74. The molecule has 0 unspecified atom stereocenters. The maximum absolute atomic E-state index is 3.40. The largest absolute Gasteiger partial charge is 0.0654 e. The fourth-order valence-corrected chi connectivity index (χ4v) is 1.93. The van der Waals surface area contributed by atoms with E-state index in [2.05, 4.69) is 58.4 Å². The van der Waals surface area contributed by atoms with E-state index in [1.807, 2.05) is 4.99 Å². The summed E-state index contributed by atoms with van der Waals surface area (Å²) in [4.78, 5) is 2.04. The fraction of sp³-hybridized carbons (Fsp3) is 0.636. The molecule has 0 saturated heterocycles. The molecule has 0 aliphatic rings. The molecule has 0 saturated carbocycles. The Morgan fingerprint density at radius 1 is 1.31 bits per heavy atom. The topological polar surface area (TPSA) is 0 Å². The molecule has 0 aromatic heterocycles. The lowest BCUT2D eigenvalue weighted by Gasteiger charge is -2.01. The van der Waals surface area contributed by atoms with Crippen molar-refractivity contribution in [3.8, 4) is 0 Å². The van der Waals surface area contributed by atoms with Crippen LogP contribution in [0.15, 0.2) is 20.2 Å². The van der Waals surface area contributed by atoms with Crippen molar-refractivity contribution in [2.24, 2.45) is 0 Å². The smallest absolute Gasteiger partial charge is 0.0122 e. The summed E-state index contributed by atoms with van der Waals surface area (Å²) in [5, 5.41) is 0. The van der Waals surface area contributed by atoms with E-state index in [4.69, 9.17) is 0 Å². The zero-order valence-electron chi connectivity index (χ0n) is 8.45. The third-order valence-electron chi connectivity index (χ3n) is 1.84. The molecule has 13 heavy (non-hydrogen) atoms. The van der Waals surface area contributed by atoms with Crippen LogP contribution in [0.4, 0.5) is 0 Å². The van der Waals surface area contributed by atoms with E-state index in [-0.39, 0.29) is 0 Å². The Morgan fingerprint density at radius 3 is 2.46 bits per heavy atom. The maximum atomic E-state index is 3.40. The van der Waals surface area contributed by atoms with Gasteiger partial charge >= 0.3 is 0 Å². The molecule has 0 bridgehead atoms. The number of hydrogen-bond donors (Lipinski definition) is 0. The molecule has 0 atom stereocenters. The number of allylic oxidation sites excluding steroid dienone is 3. The molecule has 76 valence electrons. The Bertz CT molecular complexity index is 179. The predicted octanol–water partition coefficient (Wildman–Crippen LogP) is 5.57. The number of halogens is 2. The van der Waals surface area contributed by atoms with Gasteiger partial charge in [0.2, 0.25) is 0 Å². The summed E-state index contributed by atoms with van der Waals surface area (Å²) in [6, 6.07) is 0. The minimum Gasteiger partial charge on any atom is -0.0654 e. The van der Waals surface area contributed by atoms with Gasteiger partial charge in [-0.05, 0) is 62.6 Å². The lowest BCUT2D eigenvalue weighted by molar-refractivity contribution is 0.668. The molecule has 0 aliphatic carbocycles. The highest BCUT2D eigenvalue weighted by Gasteiger charge is 1.93. The zero-order chi connectivity index (χ0) is 10.1. The van der Waals surface area contributed by atoms with Crippen LogP contribution in [0.25, 0.3) is 0 Å². The van der Waals surface area contributed by atoms with Crippen molar-refractivity contribution in [3.63, 3.8) is 0 Å². The lowest BCUT2D eigenvalue weighted by Crippen LogP contribution is -1.80. The van der Waals surface area contributed by atoms with Gasteiger partial charge < -0.3 is 0 Å². The molecule has 0 nitrogen and oxygen atoms in total. The first-order chi connectivity index (χ1) is 6.20. The molecular weight excluding hydrogens is 339 g/mol. The molecule has 0 spiro atoms. The van der Waals surface area contributed by atoms with Crippen LogP contribution in [-0.4, -0.2) is 0 Å². The van der Waals surface area contributed by atoms with Gasteiger partial charge in [0.1, 0.15) is 0 Å². The van der Waals surface area contributed by atoms with Crippen LogP contribution in [0.5, 0.6) is 0 Å². The van der Waals surface area contributed by atoms with E-state index >= 15 is 0 Å². The molecule has 0 N–H and O–H groups in total. The third kappa shape index (κ3) is 9.01. The van der Waals surface area contributed by atoms with Crippen LogP contribution in [0.3, 0.4) is 0 Å². The first kappa shape index (κ1) is 13.7. The van der Waals surface area contributed by atoms with Crippen molar-refractivity contribution in [3.05, 3.63) is 20.2 Å². The van der Waals surface area contributed by atoms with E-state index in [9.17, 15) is 0 Å². The van der Waals surface area contributed by atoms with Crippen LogP contribution in [0.2, 0.25) is 0 Å². The lowest BCUT2D eigenvalue weighted by atomic mass is 10.1. The minimum absolute atomic E-state index is 1.20. The van der Waals surface area contributed by atoms with Crippen molar-refractivity contribution >= 4 is 38.5 Å². The van der Waals surface area contributed by atoms with Crippen LogP contribution < -0.4 is 0 Å². The Morgan fingerprint density at radius 2 is 2.00 bits per heavy atom. The van der Waals surface area contributed by atoms with Crippen LogP contribution in [0, 0.1) is 0 Å². The van der Waals surface area contributed by atoms with Gasteiger partial charge in [0.15, 0.2) is 0 Å². The molecule has 0 aromatic rings. The standard InChI is InChI=1S/C11H18BrI/c1-3-4-5-6-7-11(9-12)8-10(2)13/h8-9H,3-7H2,1-2H3/b10-8+,11-9+. The normalized spacial score (nSPS) is 13.5. The molecule has 0 radical (unpaired) electrons. The highest BCUT2D eigenvalue weighted by atomic mass is 127. The van der Waals surface area contributed by atoms with Gasteiger partial charge in [0.25, 0.3) is 0 Å². The molecule has 0 aromatic carbocycles. The monoisotopic (exact) mass is 356 g/mol. The predicted molar refractivity (Wildman–Crippen MR) is 73.5 cm³/mol. The van der Waals surface area contributed by atoms with Crippen LogP contribution >= 0.6 is 38.5 Å². The van der Waals surface area contributed by atoms with E-state index in [1.165, 1.54) is 41.3 Å². The van der Waals surface area contributed by atoms with Crippen LogP contribution in [0.1, 0.15) is 46.0 Å². The Balaban J connectivity index is 3.69. The van der Waals surface area contributed by atoms with Crippen molar-refractivity contribution < 1.29 is 0 Å². The van der Waals surface area contributed by atoms with E-state index in [1.54, 1.807) is 0 Å². The van der Waals surface area contributed by atoms with Gasteiger partial charge in [-0.2, -0.15) is 0 Å². The second-order valence-electron chi connectivity index (χ2n) is 3.23. The van der Waals surface area contributed by atoms with Crippen molar-refractivity contribution in [1.82, 2.24) is 0 Å². The quantitative estimate of drug-likeness (QED) is 0.331. The van der Waals surface area contributed by atoms with E-state index < -0.39 is 0 Å². The molecule has 0 heterocycles. The average molecular weight is 357 g/mol. The van der Waals surface area contributed by atoms with Gasteiger partial charge in [0, 0.05) is 0 Å². The summed E-state index contributed by atoms with van der Waals surface area (Å²) in [5.74, 6) is 0. The third-order valence-corrected chi connectivity index (χ3v) is 2.74. The summed E-state index contributed by atoms with van der Waals surface area (Å²) in [7, 11) is 0. The van der Waals surface area contributed by atoms with Crippen LogP contribution in [-0.2, 0) is 0 Å². The highest BCUT2D eigenvalue weighted by Crippen LogP contribution is 2.17.